The van der Waals surface area contributed by atoms with E-state index in [-0.39, 0.29) is 29.7 Å². The zero-order valence-electron chi connectivity index (χ0n) is 14.7. The van der Waals surface area contributed by atoms with E-state index in [0.717, 1.165) is 5.56 Å². The third-order valence-corrected chi connectivity index (χ3v) is 4.43. The van der Waals surface area contributed by atoms with Crippen LogP contribution in [0.5, 0.6) is 0 Å². The summed E-state index contributed by atoms with van der Waals surface area (Å²) < 4.78 is 17.6. The van der Waals surface area contributed by atoms with Gasteiger partial charge in [-0.15, -0.1) is 0 Å². The molecule has 0 heterocycles. The van der Waals surface area contributed by atoms with Crippen LogP contribution in [0.4, 0.5) is 10.1 Å². The average molecular weight is 370 g/mol. The third-order valence-electron chi connectivity index (χ3n) is 4.43. The van der Waals surface area contributed by atoms with Gasteiger partial charge in [-0.05, 0) is 36.2 Å². The van der Waals surface area contributed by atoms with Crippen molar-refractivity contribution in [1.29, 1.82) is 0 Å². The molecule has 140 valence electrons. The first kappa shape index (κ1) is 18.6. The van der Waals surface area contributed by atoms with E-state index >= 15 is 0 Å². The van der Waals surface area contributed by atoms with Crippen molar-refractivity contribution in [3.8, 4) is 0 Å². The highest BCUT2D eigenvalue weighted by atomic mass is 19.1. The molecule has 2 aromatic carbocycles. The molecule has 0 radical (unpaired) electrons. The van der Waals surface area contributed by atoms with E-state index in [2.05, 4.69) is 10.6 Å². The molecule has 2 atom stereocenters. The molecule has 2 unspecified atom stereocenters. The van der Waals surface area contributed by atoms with E-state index in [0.29, 0.717) is 12.1 Å². The van der Waals surface area contributed by atoms with Crippen molar-refractivity contribution >= 4 is 23.5 Å². The number of esters is 1. The second-order valence-electron chi connectivity index (χ2n) is 6.32. The molecule has 0 aliphatic heterocycles. The summed E-state index contributed by atoms with van der Waals surface area (Å²) in [5.41, 5.74) is 1.39. The first-order chi connectivity index (χ1) is 13.0. The van der Waals surface area contributed by atoms with Gasteiger partial charge in [-0.3, -0.25) is 9.59 Å². The molecule has 0 spiro atoms. The van der Waals surface area contributed by atoms with E-state index in [9.17, 15) is 18.8 Å². The quantitative estimate of drug-likeness (QED) is 0.765. The Hall–Kier alpha value is -3.22. The molecule has 1 aliphatic rings. The fraction of sp³-hybridized carbons (Fsp3) is 0.250. The molecule has 0 saturated heterocycles. The maximum Gasteiger partial charge on any atom is 0.339 e. The van der Waals surface area contributed by atoms with Crippen LogP contribution in [-0.4, -0.2) is 24.9 Å². The minimum absolute atomic E-state index is 0.222. The number of benzene rings is 2. The normalized spacial score (nSPS) is 17.7. The van der Waals surface area contributed by atoms with Crippen LogP contribution < -0.4 is 10.6 Å². The highest BCUT2D eigenvalue weighted by molar-refractivity contribution is 6.04. The van der Waals surface area contributed by atoms with Crippen molar-refractivity contribution in [2.45, 2.75) is 13.0 Å². The van der Waals surface area contributed by atoms with Crippen LogP contribution in [0.15, 0.2) is 48.5 Å². The Morgan fingerprint density at radius 3 is 2.41 bits per heavy atom. The van der Waals surface area contributed by atoms with Crippen LogP contribution >= 0.6 is 0 Å². The number of amides is 2. The summed E-state index contributed by atoms with van der Waals surface area (Å²) in [6, 6.07) is 12.4. The first-order valence-electron chi connectivity index (χ1n) is 8.50. The van der Waals surface area contributed by atoms with Gasteiger partial charge in [0.15, 0.2) is 0 Å². The number of para-hydroxylation sites is 1. The van der Waals surface area contributed by atoms with Gasteiger partial charge in [0.2, 0.25) is 11.8 Å². The van der Waals surface area contributed by atoms with Gasteiger partial charge in [0.1, 0.15) is 5.82 Å². The summed E-state index contributed by atoms with van der Waals surface area (Å²) in [5.74, 6) is -2.26. The molecule has 27 heavy (non-hydrogen) atoms. The Morgan fingerprint density at radius 1 is 1.04 bits per heavy atom. The van der Waals surface area contributed by atoms with Crippen molar-refractivity contribution in [1.82, 2.24) is 5.32 Å². The molecule has 2 amide bonds. The minimum atomic E-state index is -0.546. The molecule has 0 aromatic heterocycles. The molecule has 3 rings (SSSR count). The van der Waals surface area contributed by atoms with Gasteiger partial charge in [0.25, 0.3) is 0 Å². The van der Waals surface area contributed by atoms with Gasteiger partial charge in [0.05, 0.1) is 30.2 Å². The van der Waals surface area contributed by atoms with Crippen molar-refractivity contribution in [2.24, 2.45) is 11.8 Å². The Balaban J connectivity index is 1.54. The van der Waals surface area contributed by atoms with Gasteiger partial charge >= 0.3 is 5.97 Å². The highest BCUT2D eigenvalue weighted by Crippen LogP contribution is 2.39. The summed E-state index contributed by atoms with van der Waals surface area (Å²) in [4.78, 5) is 36.3. The van der Waals surface area contributed by atoms with Gasteiger partial charge in [-0.1, -0.05) is 24.3 Å². The topological polar surface area (TPSA) is 84.5 Å². The van der Waals surface area contributed by atoms with Gasteiger partial charge in [-0.25, -0.2) is 9.18 Å². The number of methoxy groups -OCH3 is 1. The Bertz CT molecular complexity index is 867. The molecular formula is C20H19FN2O4. The SMILES string of the molecule is COC(=O)c1ccccc1NC(=O)C1CC1C(=O)NCc1ccc(F)cc1. The Morgan fingerprint density at radius 2 is 1.70 bits per heavy atom. The van der Waals surface area contributed by atoms with Crippen molar-refractivity contribution < 1.29 is 23.5 Å². The zero-order chi connectivity index (χ0) is 19.4. The van der Waals surface area contributed by atoms with Crippen LogP contribution in [-0.2, 0) is 20.9 Å². The lowest BCUT2D eigenvalue weighted by atomic mass is 10.1. The molecule has 6 nitrogen and oxygen atoms in total. The number of hydrogen-bond donors (Lipinski definition) is 2. The second kappa shape index (κ2) is 7.99. The van der Waals surface area contributed by atoms with Crippen LogP contribution in [0.1, 0.15) is 22.3 Å². The van der Waals surface area contributed by atoms with Gasteiger partial charge in [0, 0.05) is 6.54 Å². The fourth-order valence-corrected chi connectivity index (χ4v) is 2.80. The summed E-state index contributed by atoms with van der Waals surface area (Å²) in [5, 5.41) is 5.44. The van der Waals surface area contributed by atoms with Crippen molar-refractivity contribution in [3.05, 3.63) is 65.5 Å². The van der Waals surface area contributed by atoms with Crippen molar-refractivity contribution in [3.63, 3.8) is 0 Å². The predicted octanol–water partition coefficient (Wildman–Crippen LogP) is 2.50. The Labute approximate surface area is 155 Å². The molecule has 7 heteroatoms. The molecule has 1 fully saturated rings. The summed E-state index contributed by atoms with van der Waals surface area (Å²) in [6.45, 7) is 0.273. The number of carbonyl (C=O) groups excluding carboxylic acids is 3. The van der Waals surface area contributed by atoms with Crippen molar-refractivity contribution in [2.75, 3.05) is 12.4 Å². The predicted molar refractivity (Wildman–Crippen MR) is 96.3 cm³/mol. The van der Waals surface area contributed by atoms with Crippen LogP contribution in [0.3, 0.4) is 0 Å². The number of rotatable bonds is 6. The van der Waals surface area contributed by atoms with E-state index in [1.54, 1.807) is 36.4 Å². The number of nitrogens with one attached hydrogen (secondary N) is 2. The number of anilines is 1. The Kier molecular flexibility index (Phi) is 5.49. The molecule has 0 bridgehead atoms. The van der Waals surface area contributed by atoms with E-state index in [4.69, 9.17) is 4.74 Å². The summed E-state index contributed by atoms with van der Waals surface area (Å²) in [6.07, 6.45) is 0.446. The molecule has 1 saturated carbocycles. The number of ether oxygens (including phenoxy) is 1. The first-order valence-corrected chi connectivity index (χ1v) is 8.50. The maximum absolute atomic E-state index is 12.9. The van der Waals surface area contributed by atoms with E-state index in [1.807, 2.05) is 0 Å². The smallest absolute Gasteiger partial charge is 0.339 e. The number of hydrogen-bond acceptors (Lipinski definition) is 4. The van der Waals surface area contributed by atoms with Crippen LogP contribution in [0.25, 0.3) is 0 Å². The maximum atomic E-state index is 12.9. The molecule has 2 N–H and O–H groups in total. The molecule has 1 aliphatic carbocycles. The second-order valence-corrected chi connectivity index (χ2v) is 6.32. The highest BCUT2D eigenvalue weighted by Gasteiger charge is 2.48. The van der Waals surface area contributed by atoms with E-state index in [1.165, 1.54) is 19.2 Å². The average Bonchev–Trinajstić information content (AvgIpc) is 3.48. The number of carbonyl (C=O) groups is 3. The third kappa shape index (κ3) is 4.49. The van der Waals surface area contributed by atoms with Gasteiger partial charge < -0.3 is 15.4 Å². The minimum Gasteiger partial charge on any atom is -0.465 e. The lowest BCUT2D eigenvalue weighted by molar-refractivity contribution is -0.125. The lowest BCUT2D eigenvalue weighted by Gasteiger charge is -2.09. The van der Waals surface area contributed by atoms with Crippen LogP contribution in [0, 0.1) is 17.7 Å². The fourth-order valence-electron chi connectivity index (χ4n) is 2.80. The molecular weight excluding hydrogens is 351 g/mol. The largest absolute Gasteiger partial charge is 0.465 e. The summed E-state index contributed by atoms with van der Waals surface area (Å²) in [7, 11) is 1.27. The molecule has 2 aromatic rings. The zero-order valence-corrected chi connectivity index (χ0v) is 14.7. The lowest BCUT2D eigenvalue weighted by Crippen LogP contribution is -2.27. The number of halogens is 1. The van der Waals surface area contributed by atoms with E-state index < -0.39 is 17.8 Å². The van der Waals surface area contributed by atoms with Gasteiger partial charge in [-0.2, -0.15) is 0 Å². The summed E-state index contributed by atoms with van der Waals surface area (Å²) >= 11 is 0. The standard InChI is InChI=1S/C20H19FN2O4/c1-27-20(26)14-4-2-3-5-17(14)23-19(25)16-10-15(16)18(24)22-11-12-6-8-13(21)9-7-12/h2-9,15-16H,10-11H2,1H3,(H,22,24)(H,23,25). The monoisotopic (exact) mass is 370 g/mol. The van der Waals surface area contributed by atoms with Crippen LogP contribution in [0.2, 0.25) is 0 Å².